The summed E-state index contributed by atoms with van der Waals surface area (Å²) >= 11 is 0. The second kappa shape index (κ2) is 7.74. The summed E-state index contributed by atoms with van der Waals surface area (Å²) in [6.45, 7) is 3.22. The number of carboxylic acids is 1. The van der Waals surface area contributed by atoms with E-state index >= 15 is 0 Å². The van der Waals surface area contributed by atoms with Gasteiger partial charge in [0.15, 0.2) is 0 Å². The number of ether oxygens (including phenoxy) is 1. The van der Waals surface area contributed by atoms with Crippen LogP contribution < -0.4 is 0 Å². The zero-order valence-electron chi connectivity index (χ0n) is 11.4. The van der Waals surface area contributed by atoms with E-state index in [0.29, 0.717) is 38.9 Å². The lowest BCUT2D eigenvalue weighted by atomic mass is 9.79. The van der Waals surface area contributed by atoms with Crippen molar-refractivity contribution < 1.29 is 19.7 Å². The molecule has 0 aromatic heterocycles. The van der Waals surface area contributed by atoms with Crippen LogP contribution in [0.25, 0.3) is 0 Å². The molecule has 4 heteroatoms. The molecule has 0 saturated heterocycles. The van der Waals surface area contributed by atoms with Gasteiger partial charge in [-0.25, -0.2) is 0 Å². The topological polar surface area (TPSA) is 66.8 Å². The summed E-state index contributed by atoms with van der Waals surface area (Å²) in [5.74, 6) is -1.02. The Balaban J connectivity index is 2.12. The Labute approximate surface area is 109 Å². The number of aliphatic hydroxyl groups is 1. The molecule has 1 rings (SSSR count). The van der Waals surface area contributed by atoms with Crippen LogP contribution in [-0.2, 0) is 9.53 Å². The van der Waals surface area contributed by atoms with E-state index in [9.17, 15) is 9.90 Å². The van der Waals surface area contributed by atoms with Crippen LogP contribution in [0.15, 0.2) is 0 Å². The maximum Gasteiger partial charge on any atom is 0.306 e. The van der Waals surface area contributed by atoms with Gasteiger partial charge in [0.05, 0.1) is 18.1 Å². The second-order valence-electron chi connectivity index (χ2n) is 5.45. The standard InChI is InChI=1S/C14H26O4/c1-2-3-4-5-10-18-11-14(17)8-6-12(7-9-14)13(15)16/h12,17H,2-11H2,1H3,(H,15,16). The number of rotatable bonds is 8. The molecule has 0 radical (unpaired) electrons. The fraction of sp³-hybridized carbons (Fsp3) is 0.929. The minimum atomic E-state index is -0.795. The summed E-state index contributed by atoms with van der Waals surface area (Å²) in [6.07, 6.45) is 6.86. The lowest BCUT2D eigenvalue weighted by molar-refractivity contribution is -0.146. The van der Waals surface area contributed by atoms with E-state index in [2.05, 4.69) is 6.92 Å². The Morgan fingerprint density at radius 3 is 2.50 bits per heavy atom. The molecule has 4 nitrogen and oxygen atoms in total. The molecule has 0 heterocycles. The van der Waals surface area contributed by atoms with Crippen LogP contribution in [0.4, 0.5) is 0 Å². The van der Waals surface area contributed by atoms with Crippen LogP contribution >= 0.6 is 0 Å². The van der Waals surface area contributed by atoms with Gasteiger partial charge < -0.3 is 14.9 Å². The Hall–Kier alpha value is -0.610. The van der Waals surface area contributed by atoms with Crippen LogP contribution in [-0.4, -0.2) is 35.0 Å². The lowest BCUT2D eigenvalue weighted by Crippen LogP contribution is -2.40. The average molecular weight is 258 g/mol. The molecule has 106 valence electrons. The average Bonchev–Trinajstić information content (AvgIpc) is 2.34. The molecule has 1 saturated carbocycles. The number of aliphatic carboxylic acids is 1. The Morgan fingerprint density at radius 1 is 1.28 bits per heavy atom. The molecule has 0 amide bonds. The molecule has 1 fully saturated rings. The minimum Gasteiger partial charge on any atom is -0.481 e. The van der Waals surface area contributed by atoms with Crippen molar-refractivity contribution in [1.82, 2.24) is 0 Å². The highest BCUT2D eigenvalue weighted by atomic mass is 16.5. The number of carboxylic acid groups (broad SMARTS) is 1. The van der Waals surface area contributed by atoms with Gasteiger partial charge in [-0.05, 0) is 32.1 Å². The van der Waals surface area contributed by atoms with E-state index in [1.807, 2.05) is 0 Å². The van der Waals surface area contributed by atoms with Crippen molar-refractivity contribution in [2.45, 2.75) is 63.9 Å². The zero-order valence-corrected chi connectivity index (χ0v) is 11.4. The molecule has 0 aromatic carbocycles. The molecule has 1 aliphatic carbocycles. The SMILES string of the molecule is CCCCCCOCC1(O)CCC(C(=O)O)CC1. The lowest BCUT2D eigenvalue weighted by Gasteiger charge is -2.34. The summed E-state index contributed by atoms with van der Waals surface area (Å²) in [7, 11) is 0. The smallest absolute Gasteiger partial charge is 0.306 e. The van der Waals surface area contributed by atoms with Crippen molar-refractivity contribution in [3.05, 3.63) is 0 Å². The number of carbonyl (C=O) groups is 1. The number of unbranched alkanes of at least 4 members (excludes halogenated alkanes) is 3. The van der Waals surface area contributed by atoms with Gasteiger partial charge in [-0.1, -0.05) is 26.2 Å². The van der Waals surface area contributed by atoms with Crippen LogP contribution in [0, 0.1) is 5.92 Å². The summed E-state index contributed by atoms with van der Waals surface area (Å²) < 4.78 is 5.52. The van der Waals surface area contributed by atoms with Gasteiger partial charge in [-0.3, -0.25) is 4.79 Å². The van der Waals surface area contributed by atoms with Crippen molar-refractivity contribution in [3.8, 4) is 0 Å². The summed E-state index contributed by atoms with van der Waals surface area (Å²) in [5, 5.41) is 19.1. The summed E-state index contributed by atoms with van der Waals surface area (Å²) in [4.78, 5) is 10.8. The summed E-state index contributed by atoms with van der Waals surface area (Å²) in [5.41, 5.74) is -0.795. The highest BCUT2D eigenvalue weighted by molar-refractivity contribution is 5.70. The Kier molecular flexibility index (Phi) is 6.65. The van der Waals surface area contributed by atoms with E-state index in [1.165, 1.54) is 19.3 Å². The number of hydrogen-bond donors (Lipinski definition) is 2. The first-order valence-corrected chi connectivity index (χ1v) is 7.10. The zero-order chi connectivity index (χ0) is 13.4. The fourth-order valence-corrected chi connectivity index (χ4v) is 2.44. The molecule has 0 bridgehead atoms. The third-order valence-corrected chi connectivity index (χ3v) is 3.78. The van der Waals surface area contributed by atoms with E-state index < -0.39 is 11.6 Å². The number of hydrogen-bond acceptors (Lipinski definition) is 3. The fourth-order valence-electron chi connectivity index (χ4n) is 2.44. The van der Waals surface area contributed by atoms with E-state index in [0.717, 1.165) is 6.42 Å². The van der Waals surface area contributed by atoms with Gasteiger partial charge in [0, 0.05) is 6.61 Å². The van der Waals surface area contributed by atoms with Crippen molar-refractivity contribution in [2.75, 3.05) is 13.2 Å². The van der Waals surface area contributed by atoms with E-state index in [1.54, 1.807) is 0 Å². The van der Waals surface area contributed by atoms with Crippen LogP contribution in [0.5, 0.6) is 0 Å². The first-order valence-electron chi connectivity index (χ1n) is 7.10. The van der Waals surface area contributed by atoms with Gasteiger partial charge >= 0.3 is 5.97 Å². The molecule has 1 aliphatic rings. The Bertz CT molecular complexity index is 244. The first kappa shape index (κ1) is 15.4. The highest BCUT2D eigenvalue weighted by Crippen LogP contribution is 2.32. The first-order chi connectivity index (χ1) is 8.57. The minimum absolute atomic E-state index is 0.283. The summed E-state index contributed by atoms with van der Waals surface area (Å²) in [6, 6.07) is 0. The van der Waals surface area contributed by atoms with Crippen LogP contribution in [0.3, 0.4) is 0 Å². The van der Waals surface area contributed by atoms with Gasteiger partial charge in [0.1, 0.15) is 0 Å². The highest BCUT2D eigenvalue weighted by Gasteiger charge is 2.35. The van der Waals surface area contributed by atoms with Crippen molar-refractivity contribution in [2.24, 2.45) is 5.92 Å². The van der Waals surface area contributed by atoms with Crippen molar-refractivity contribution in [3.63, 3.8) is 0 Å². The monoisotopic (exact) mass is 258 g/mol. The van der Waals surface area contributed by atoms with Gasteiger partial charge in [0.2, 0.25) is 0 Å². The molecule has 0 atom stereocenters. The molecule has 18 heavy (non-hydrogen) atoms. The van der Waals surface area contributed by atoms with Gasteiger partial charge in [-0.15, -0.1) is 0 Å². The molecule has 0 aromatic rings. The van der Waals surface area contributed by atoms with Crippen molar-refractivity contribution >= 4 is 5.97 Å². The third kappa shape index (κ3) is 5.36. The second-order valence-corrected chi connectivity index (χ2v) is 5.45. The molecule has 0 unspecified atom stereocenters. The molecule has 0 spiro atoms. The van der Waals surface area contributed by atoms with E-state index in [-0.39, 0.29) is 5.92 Å². The van der Waals surface area contributed by atoms with Crippen LogP contribution in [0.2, 0.25) is 0 Å². The molecule has 0 aliphatic heterocycles. The maximum atomic E-state index is 10.8. The normalized spacial score (nSPS) is 28.2. The van der Waals surface area contributed by atoms with Crippen LogP contribution in [0.1, 0.15) is 58.3 Å². The predicted molar refractivity (Wildman–Crippen MR) is 69.5 cm³/mol. The molecule has 2 N–H and O–H groups in total. The van der Waals surface area contributed by atoms with Gasteiger partial charge in [-0.2, -0.15) is 0 Å². The largest absolute Gasteiger partial charge is 0.481 e. The quantitative estimate of drug-likeness (QED) is 0.657. The predicted octanol–water partition coefficient (Wildman–Crippen LogP) is 2.59. The van der Waals surface area contributed by atoms with E-state index in [4.69, 9.17) is 9.84 Å². The third-order valence-electron chi connectivity index (χ3n) is 3.78. The molecular weight excluding hydrogens is 232 g/mol. The maximum absolute atomic E-state index is 10.8. The van der Waals surface area contributed by atoms with Crippen molar-refractivity contribution in [1.29, 1.82) is 0 Å². The Morgan fingerprint density at radius 2 is 1.94 bits per heavy atom. The molecular formula is C14H26O4. The van der Waals surface area contributed by atoms with Gasteiger partial charge in [0.25, 0.3) is 0 Å².